The summed E-state index contributed by atoms with van der Waals surface area (Å²) in [5, 5.41) is 13.9. The molecule has 0 aliphatic heterocycles. The van der Waals surface area contributed by atoms with E-state index in [-0.39, 0.29) is 17.5 Å². The Morgan fingerprint density at radius 2 is 1.82 bits per heavy atom. The number of thiophene rings is 1. The number of carbonyl (C=O) groups is 2. The van der Waals surface area contributed by atoms with Crippen molar-refractivity contribution >= 4 is 39.2 Å². The molecule has 5 N–H and O–H groups in total. The van der Waals surface area contributed by atoms with Crippen molar-refractivity contribution in [3.05, 3.63) is 66.0 Å². The van der Waals surface area contributed by atoms with Gasteiger partial charge in [0.25, 0.3) is 0 Å². The number of aromatic nitrogens is 2. The van der Waals surface area contributed by atoms with Crippen LogP contribution in [0.2, 0.25) is 0 Å². The first kappa shape index (κ1) is 32.2. The van der Waals surface area contributed by atoms with Gasteiger partial charge in [-0.1, -0.05) is 39.2 Å². The number of carbonyl (C=O) groups excluding carboxylic acids is 1. The van der Waals surface area contributed by atoms with Crippen LogP contribution in [0.25, 0.3) is 20.8 Å². The van der Waals surface area contributed by atoms with Gasteiger partial charge in [0.1, 0.15) is 11.8 Å². The van der Waals surface area contributed by atoms with Gasteiger partial charge in [0.15, 0.2) is 11.6 Å². The number of hydrogen-bond donors (Lipinski definition) is 4. The van der Waals surface area contributed by atoms with Crippen molar-refractivity contribution in [3.63, 3.8) is 0 Å². The molecule has 45 heavy (non-hydrogen) atoms. The SMILES string of the molecule is CC(CCCCC(N)C(=O)O)C(C)Cc1ccc(-c2cc3nccc(Oc4ccc(NC(=O)NC5CC5)c(F)c4F)c3s2)nc1. The highest BCUT2D eigenvalue weighted by Gasteiger charge is 2.25. The zero-order chi connectivity index (χ0) is 32.1. The minimum atomic E-state index is -1.20. The second kappa shape index (κ2) is 14.3. The largest absolute Gasteiger partial charge is 0.480 e. The van der Waals surface area contributed by atoms with Gasteiger partial charge in [-0.15, -0.1) is 11.3 Å². The van der Waals surface area contributed by atoms with Crippen LogP contribution < -0.4 is 21.1 Å². The number of nitrogens with zero attached hydrogens (tertiary/aromatic N) is 2. The zero-order valence-electron chi connectivity index (χ0n) is 25.2. The Bertz CT molecular complexity index is 1660. The van der Waals surface area contributed by atoms with Crippen molar-refractivity contribution in [3.8, 4) is 22.1 Å². The second-order valence-electron chi connectivity index (χ2n) is 11.8. The number of nitrogens with one attached hydrogen (secondary N) is 2. The molecule has 5 rings (SSSR count). The molecule has 0 bridgehead atoms. The number of benzene rings is 1. The zero-order valence-corrected chi connectivity index (χ0v) is 26.0. The average molecular weight is 638 g/mol. The van der Waals surface area contributed by atoms with E-state index in [1.807, 2.05) is 18.3 Å². The van der Waals surface area contributed by atoms with Crippen LogP contribution in [0.1, 0.15) is 57.9 Å². The van der Waals surface area contributed by atoms with Crippen LogP contribution in [0, 0.1) is 23.5 Å². The lowest BCUT2D eigenvalue weighted by Crippen LogP contribution is -2.30. The number of fused-ring (bicyclic) bond motifs is 1. The first-order valence-corrected chi connectivity index (χ1v) is 16.0. The van der Waals surface area contributed by atoms with Crippen molar-refractivity contribution in [1.29, 1.82) is 0 Å². The molecular weight excluding hydrogens is 600 g/mol. The van der Waals surface area contributed by atoms with Crippen molar-refractivity contribution in [2.45, 2.75) is 70.9 Å². The third kappa shape index (κ3) is 8.31. The van der Waals surface area contributed by atoms with Crippen LogP contribution in [0.4, 0.5) is 19.3 Å². The number of amides is 2. The summed E-state index contributed by atoms with van der Waals surface area (Å²) in [5.41, 5.74) is 7.85. The van der Waals surface area contributed by atoms with E-state index in [1.165, 1.54) is 23.5 Å². The predicted molar refractivity (Wildman–Crippen MR) is 171 cm³/mol. The summed E-state index contributed by atoms with van der Waals surface area (Å²) >= 11 is 1.39. The lowest BCUT2D eigenvalue weighted by atomic mass is 9.86. The number of carboxylic acids is 1. The van der Waals surface area contributed by atoms with Crippen LogP contribution in [-0.4, -0.2) is 39.2 Å². The van der Waals surface area contributed by atoms with E-state index >= 15 is 0 Å². The fraction of sp³-hybridized carbons (Fsp3) is 0.394. The molecule has 238 valence electrons. The summed E-state index contributed by atoms with van der Waals surface area (Å²) in [4.78, 5) is 32.8. The second-order valence-corrected chi connectivity index (χ2v) is 12.8. The van der Waals surface area contributed by atoms with E-state index in [2.05, 4.69) is 40.5 Å². The first-order chi connectivity index (χ1) is 21.6. The molecule has 0 spiro atoms. The van der Waals surface area contributed by atoms with Crippen LogP contribution in [0.5, 0.6) is 11.5 Å². The van der Waals surface area contributed by atoms with Crippen LogP contribution >= 0.6 is 11.3 Å². The molecule has 0 saturated heterocycles. The van der Waals surface area contributed by atoms with E-state index in [0.717, 1.165) is 54.7 Å². The van der Waals surface area contributed by atoms with Crippen LogP contribution in [0.3, 0.4) is 0 Å². The Labute approximate surface area is 264 Å². The number of halogens is 2. The normalized spacial score (nSPS) is 15.0. The van der Waals surface area contributed by atoms with Gasteiger partial charge in [0, 0.05) is 24.5 Å². The Hall–Kier alpha value is -4.16. The number of urea groups is 1. The van der Waals surface area contributed by atoms with Crippen LogP contribution in [0.15, 0.2) is 48.8 Å². The predicted octanol–water partition coefficient (Wildman–Crippen LogP) is 7.50. The lowest BCUT2D eigenvalue weighted by molar-refractivity contribution is -0.138. The third-order valence-electron chi connectivity index (χ3n) is 8.15. The summed E-state index contributed by atoms with van der Waals surface area (Å²) in [7, 11) is 0. The number of rotatable bonds is 14. The number of pyridine rings is 2. The van der Waals surface area contributed by atoms with Crippen molar-refractivity contribution in [2.75, 3.05) is 5.32 Å². The van der Waals surface area contributed by atoms with Gasteiger partial charge in [0.05, 0.1) is 26.5 Å². The molecule has 1 fully saturated rings. The summed E-state index contributed by atoms with van der Waals surface area (Å²) < 4.78 is 36.2. The minimum absolute atomic E-state index is 0.0807. The first-order valence-electron chi connectivity index (χ1n) is 15.1. The molecule has 3 heterocycles. The maximum Gasteiger partial charge on any atom is 0.320 e. The van der Waals surface area contributed by atoms with Gasteiger partial charge in [-0.05, 0) is 67.3 Å². The lowest BCUT2D eigenvalue weighted by Gasteiger charge is -2.20. The van der Waals surface area contributed by atoms with E-state index in [0.29, 0.717) is 34.2 Å². The van der Waals surface area contributed by atoms with Gasteiger partial charge >= 0.3 is 12.0 Å². The van der Waals surface area contributed by atoms with E-state index < -0.39 is 29.7 Å². The number of ether oxygens (including phenoxy) is 1. The number of hydrogen-bond acceptors (Lipinski definition) is 7. The molecule has 4 aromatic rings. The number of anilines is 1. The summed E-state index contributed by atoms with van der Waals surface area (Å²) in [5.74, 6) is -2.45. The Balaban J connectivity index is 1.21. The number of carboxylic acid groups (broad SMARTS) is 1. The number of aliphatic carboxylic acids is 1. The van der Waals surface area contributed by atoms with Crippen molar-refractivity contribution in [2.24, 2.45) is 17.6 Å². The highest BCUT2D eigenvalue weighted by atomic mass is 32.1. The molecule has 1 aliphatic carbocycles. The van der Waals surface area contributed by atoms with E-state index in [4.69, 9.17) is 15.6 Å². The van der Waals surface area contributed by atoms with Gasteiger partial charge in [-0.2, -0.15) is 4.39 Å². The molecular formula is C33H37F2N5O4S. The fourth-order valence-electron chi connectivity index (χ4n) is 5.02. The molecule has 1 saturated carbocycles. The maximum absolute atomic E-state index is 14.9. The monoisotopic (exact) mass is 637 g/mol. The molecule has 1 aromatic carbocycles. The van der Waals surface area contributed by atoms with Crippen LogP contribution in [-0.2, 0) is 11.2 Å². The minimum Gasteiger partial charge on any atom is -0.480 e. The summed E-state index contributed by atoms with van der Waals surface area (Å²) in [6.07, 6.45) is 9.28. The quantitative estimate of drug-likeness (QED) is 0.105. The molecule has 0 radical (unpaired) electrons. The van der Waals surface area contributed by atoms with Crippen molar-refractivity contribution in [1.82, 2.24) is 15.3 Å². The summed E-state index contributed by atoms with van der Waals surface area (Å²) in [6.45, 7) is 4.43. The topological polar surface area (TPSA) is 139 Å². The van der Waals surface area contributed by atoms with Crippen molar-refractivity contribution < 1.29 is 28.2 Å². The molecule has 1 aliphatic rings. The standard InChI is InChI=1S/C33H37F2N5O4S/c1-18(5-3-4-6-22(36)32(41)42)19(2)15-20-7-10-23(38-17-20)28-16-25-31(45-28)27(13-14-37-25)44-26-12-11-24(29(34)30(26)35)40-33(43)39-21-8-9-21/h7,10-14,16-19,21-22H,3-6,8-9,15,36H2,1-2H3,(H,41,42)(H2,39,40,43). The smallest absolute Gasteiger partial charge is 0.320 e. The maximum atomic E-state index is 14.9. The Morgan fingerprint density at radius 1 is 1.04 bits per heavy atom. The van der Waals surface area contributed by atoms with Gasteiger partial charge in [-0.25, -0.2) is 9.18 Å². The molecule has 9 nitrogen and oxygen atoms in total. The van der Waals surface area contributed by atoms with Gasteiger partial charge in [0.2, 0.25) is 5.82 Å². The van der Waals surface area contributed by atoms with Gasteiger partial charge < -0.3 is 26.2 Å². The third-order valence-corrected chi connectivity index (χ3v) is 9.31. The highest BCUT2D eigenvalue weighted by Crippen LogP contribution is 2.40. The summed E-state index contributed by atoms with van der Waals surface area (Å²) in [6, 6.07) is 8.76. The Kier molecular flexibility index (Phi) is 10.2. The fourth-order valence-corrected chi connectivity index (χ4v) is 6.06. The molecule has 12 heteroatoms. The van der Waals surface area contributed by atoms with E-state index in [9.17, 15) is 18.4 Å². The number of nitrogens with two attached hydrogens (primary N) is 1. The highest BCUT2D eigenvalue weighted by molar-refractivity contribution is 7.22. The molecule has 3 aromatic heterocycles. The average Bonchev–Trinajstić information content (AvgIpc) is 3.72. The Morgan fingerprint density at radius 3 is 2.53 bits per heavy atom. The molecule has 3 atom stereocenters. The molecule has 3 unspecified atom stereocenters. The van der Waals surface area contributed by atoms with Gasteiger partial charge in [-0.3, -0.25) is 14.8 Å². The molecule has 2 amide bonds. The van der Waals surface area contributed by atoms with E-state index in [1.54, 1.807) is 12.3 Å². The number of unbranched alkanes of at least 4 members (excludes halogenated alkanes) is 1.